The average molecular weight is 446 g/mol. The number of ether oxygens (including phenoxy) is 2. The van der Waals surface area contributed by atoms with Crippen molar-refractivity contribution in [1.82, 2.24) is 4.98 Å². The summed E-state index contributed by atoms with van der Waals surface area (Å²) in [5.74, 6) is 2.05. The molecule has 5 rings (SSSR count). The van der Waals surface area contributed by atoms with Gasteiger partial charge in [0.15, 0.2) is 0 Å². The van der Waals surface area contributed by atoms with Crippen LogP contribution in [0, 0.1) is 5.92 Å². The van der Waals surface area contributed by atoms with Crippen molar-refractivity contribution in [3.05, 3.63) is 83.0 Å². The van der Waals surface area contributed by atoms with E-state index in [1.54, 1.807) is 18.4 Å². The molecule has 2 aromatic rings. The molecule has 0 saturated heterocycles. The van der Waals surface area contributed by atoms with Crippen molar-refractivity contribution in [3.8, 4) is 0 Å². The first-order valence-corrected chi connectivity index (χ1v) is 11.8. The number of anilines is 1. The van der Waals surface area contributed by atoms with Gasteiger partial charge < -0.3 is 14.8 Å². The van der Waals surface area contributed by atoms with Crippen LogP contribution >= 0.6 is 11.3 Å². The van der Waals surface area contributed by atoms with E-state index < -0.39 is 0 Å². The van der Waals surface area contributed by atoms with Crippen molar-refractivity contribution >= 4 is 33.0 Å². The molecule has 164 valence electrons. The van der Waals surface area contributed by atoms with E-state index in [0.717, 1.165) is 53.6 Å². The van der Waals surface area contributed by atoms with Crippen LogP contribution in [0.3, 0.4) is 0 Å². The number of hydrogen-bond acceptors (Lipinski definition) is 6. The topological polar surface area (TPSA) is 55.7 Å². The van der Waals surface area contributed by atoms with E-state index in [4.69, 9.17) is 9.47 Å². The van der Waals surface area contributed by atoms with Gasteiger partial charge in [-0.1, -0.05) is 18.2 Å². The summed E-state index contributed by atoms with van der Waals surface area (Å²) >= 11 is 1.77. The fraction of sp³-hybridized carbons (Fsp3) is 0.308. The molecule has 2 aromatic heterocycles. The highest BCUT2D eigenvalue weighted by atomic mass is 32.1. The first-order valence-electron chi connectivity index (χ1n) is 11.0. The Hall–Kier alpha value is -2.96. The summed E-state index contributed by atoms with van der Waals surface area (Å²) < 4.78 is 11.4. The van der Waals surface area contributed by atoms with E-state index in [1.165, 1.54) is 15.8 Å². The second-order valence-corrected chi connectivity index (χ2v) is 9.39. The first kappa shape index (κ1) is 20.9. The zero-order valence-corrected chi connectivity index (χ0v) is 19.2. The molecular formula is C26H27N3O2S. The predicted octanol–water partition coefficient (Wildman–Crippen LogP) is 5.94. The highest BCUT2D eigenvalue weighted by Crippen LogP contribution is 2.32. The number of hydrogen-bond donors (Lipinski definition) is 1. The Morgan fingerprint density at radius 2 is 2.16 bits per heavy atom. The van der Waals surface area contributed by atoms with Gasteiger partial charge in [0.1, 0.15) is 16.3 Å². The Morgan fingerprint density at radius 1 is 1.22 bits per heavy atom. The van der Waals surface area contributed by atoms with Crippen LogP contribution in [0.5, 0.6) is 0 Å². The molecule has 2 aliphatic carbocycles. The zero-order valence-electron chi connectivity index (χ0n) is 18.4. The summed E-state index contributed by atoms with van der Waals surface area (Å²) in [5.41, 5.74) is 3.40. The monoisotopic (exact) mass is 445 g/mol. The SMILES string of the molecule is COCCCc1cc2c(NC3C=CC(OC4=CC5=NC=CC5C=C4)=C(C)C3)ccnc2s1. The third-order valence-corrected chi connectivity index (χ3v) is 6.97. The average Bonchev–Trinajstić information content (AvgIpc) is 3.42. The van der Waals surface area contributed by atoms with Crippen LogP contribution < -0.4 is 5.32 Å². The zero-order chi connectivity index (χ0) is 21.9. The summed E-state index contributed by atoms with van der Waals surface area (Å²) in [7, 11) is 1.75. The van der Waals surface area contributed by atoms with Gasteiger partial charge in [-0.2, -0.15) is 0 Å². The highest BCUT2D eigenvalue weighted by Gasteiger charge is 2.20. The third kappa shape index (κ3) is 4.47. The van der Waals surface area contributed by atoms with Gasteiger partial charge in [-0.15, -0.1) is 11.3 Å². The van der Waals surface area contributed by atoms with Crippen LogP contribution in [0.25, 0.3) is 10.2 Å². The number of rotatable bonds is 8. The lowest BCUT2D eigenvalue weighted by Gasteiger charge is -2.23. The van der Waals surface area contributed by atoms with Gasteiger partial charge in [0.2, 0.25) is 0 Å². The lowest BCUT2D eigenvalue weighted by Crippen LogP contribution is -2.20. The van der Waals surface area contributed by atoms with Crippen molar-refractivity contribution in [2.75, 3.05) is 19.0 Å². The molecule has 1 aliphatic heterocycles. The molecular weight excluding hydrogens is 418 g/mol. The number of allylic oxidation sites excluding steroid dienone is 5. The predicted molar refractivity (Wildman–Crippen MR) is 132 cm³/mol. The molecule has 0 bridgehead atoms. The fourth-order valence-electron chi connectivity index (χ4n) is 4.18. The molecule has 32 heavy (non-hydrogen) atoms. The molecule has 0 fully saturated rings. The molecule has 1 N–H and O–H groups in total. The number of fused-ring (bicyclic) bond motifs is 2. The van der Waals surface area contributed by atoms with Gasteiger partial charge in [-0.3, -0.25) is 4.99 Å². The second-order valence-electron chi connectivity index (χ2n) is 8.27. The van der Waals surface area contributed by atoms with Crippen molar-refractivity contribution in [2.45, 2.75) is 32.2 Å². The number of methoxy groups -OCH3 is 1. The van der Waals surface area contributed by atoms with Gasteiger partial charge >= 0.3 is 0 Å². The number of nitrogens with zero attached hydrogens (tertiary/aromatic N) is 2. The smallest absolute Gasteiger partial charge is 0.128 e. The second kappa shape index (κ2) is 9.27. The Labute approximate surface area is 192 Å². The van der Waals surface area contributed by atoms with E-state index in [0.29, 0.717) is 5.92 Å². The highest BCUT2D eigenvalue weighted by molar-refractivity contribution is 7.18. The van der Waals surface area contributed by atoms with Gasteiger partial charge in [0, 0.05) is 60.1 Å². The normalized spacial score (nSPS) is 21.7. The van der Waals surface area contributed by atoms with E-state index in [-0.39, 0.29) is 6.04 Å². The minimum atomic E-state index is 0.216. The van der Waals surface area contributed by atoms with Crippen LogP contribution in [0.1, 0.15) is 24.6 Å². The summed E-state index contributed by atoms with van der Waals surface area (Å²) in [6.07, 6.45) is 19.2. The molecule has 3 heterocycles. The molecule has 0 spiro atoms. The Balaban J connectivity index is 1.25. The number of nitrogens with one attached hydrogen (secondary N) is 1. The maximum atomic E-state index is 6.18. The number of thiophene rings is 1. The van der Waals surface area contributed by atoms with Gasteiger partial charge in [0.25, 0.3) is 0 Å². The first-order chi connectivity index (χ1) is 15.7. The van der Waals surface area contributed by atoms with E-state index >= 15 is 0 Å². The Kier molecular flexibility index (Phi) is 6.06. The summed E-state index contributed by atoms with van der Waals surface area (Å²) in [6, 6.07) is 4.55. The summed E-state index contributed by atoms with van der Waals surface area (Å²) in [6.45, 7) is 2.92. The fourth-order valence-corrected chi connectivity index (χ4v) is 5.24. The lowest BCUT2D eigenvalue weighted by atomic mass is 9.98. The largest absolute Gasteiger partial charge is 0.457 e. The Morgan fingerprint density at radius 3 is 3.03 bits per heavy atom. The quantitative estimate of drug-likeness (QED) is 0.511. The molecule has 0 radical (unpaired) electrons. The van der Waals surface area contributed by atoms with E-state index in [2.05, 4.69) is 58.7 Å². The summed E-state index contributed by atoms with van der Waals surface area (Å²) in [4.78, 5) is 11.4. The maximum absolute atomic E-state index is 6.18. The van der Waals surface area contributed by atoms with Crippen LogP contribution in [-0.2, 0) is 15.9 Å². The van der Waals surface area contributed by atoms with Crippen molar-refractivity contribution in [3.63, 3.8) is 0 Å². The maximum Gasteiger partial charge on any atom is 0.128 e. The van der Waals surface area contributed by atoms with Crippen LogP contribution in [-0.4, -0.2) is 30.5 Å². The Bertz CT molecular complexity index is 1200. The standard InChI is InChI=1S/C26H27N3O2S/c1-17-14-19(6-8-25(17)31-20-7-5-18-9-11-27-24(18)15-20)29-23-10-12-28-26-22(23)16-21(32-26)4-3-13-30-2/h5-12,15-16,18-19H,3-4,13-14H2,1-2H3,(H,28,29). The molecule has 2 unspecified atom stereocenters. The third-order valence-electron chi connectivity index (χ3n) is 5.87. The summed E-state index contributed by atoms with van der Waals surface area (Å²) in [5, 5.41) is 4.89. The molecule has 0 saturated carbocycles. The minimum Gasteiger partial charge on any atom is -0.457 e. The van der Waals surface area contributed by atoms with Crippen molar-refractivity contribution in [1.29, 1.82) is 0 Å². The molecule has 6 heteroatoms. The van der Waals surface area contributed by atoms with Gasteiger partial charge in [-0.25, -0.2) is 4.98 Å². The molecule has 0 amide bonds. The number of aliphatic imine (C=N–C) groups is 1. The number of pyridine rings is 1. The lowest BCUT2D eigenvalue weighted by molar-refractivity contribution is 0.195. The van der Waals surface area contributed by atoms with Crippen LogP contribution in [0.15, 0.2) is 83.1 Å². The molecule has 5 nitrogen and oxygen atoms in total. The number of aromatic nitrogens is 1. The van der Waals surface area contributed by atoms with Gasteiger partial charge in [0.05, 0.1) is 5.71 Å². The van der Waals surface area contributed by atoms with E-state index in [1.807, 2.05) is 24.5 Å². The van der Waals surface area contributed by atoms with Crippen LogP contribution in [0.2, 0.25) is 0 Å². The van der Waals surface area contributed by atoms with Crippen LogP contribution in [0.4, 0.5) is 5.69 Å². The van der Waals surface area contributed by atoms with Gasteiger partial charge in [-0.05, 0) is 56.0 Å². The van der Waals surface area contributed by atoms with Crippen molar-refractivity contribution < 1.29 is 9.47 Å². The van der Waals surface area contributed by atoms with E-state index in [9.17, 15) is 0 Å². The minimum absolute atomic E-state index is 0.216. The number of aryl methyl sites for hydroxylation is 1. The molecule has 0 aromatic carbocycles. The van der Waals surface area contributed by atoms with Crippen molar-refractivity contribution in [2.24, 2.45) is 10.9 Å². The molecule has 2 atom stereocenters. The molecule has 3 aliphatic rings.